The lowest BCUT2D eigenvalue weighted by Gasteiger charge is -2.20. The van der Waals surface area contributed by atoms with E-state index in [1.54, 1.807) is 12.5 Å². The van der Waals surface area contributed by atoms with Crippen LogP contribution in [0.1, 0.15) is 27.2 Å². The van der Waals surface area contributed by atoms with E-state index in [9.17, 15) is 4.79 Å². The van der Waals surface area contributed by atoms with Crippen LogP contribution in [-0.2, 0) is 11.3 Å². The Hall–Kier alpha value is -2.43. The Morgan fingerprint density at radius 3 is 2.73 bits per heavy atom. The summed E-state index contributed by atoms with van der Waals surface area (Å²) in [5.74, 6) is 0.0488. The quantitative estimate of drug-likeness (QED) is 0.808. The number of para-hydroxylation sites is 1. The third-order valence-electron chi connectivity index (χ3n) is 3.45. The number of pyridine rings is 1. The number of benzene rings is 1. The van der Waals surface area contributed by atoms with E-state index in [1.807, 2.05) is 49.6 Å². The average molecular weight is 296 g/mol. The third-order valence-corrected chi connectivity index (χ3v) is 3.45. The smallest absolute Gasteiger partial charge is 0.222 e. The Kier molecular flexibility index (Phi) is 3.56. The molecule has 0 saturated heterocycles. The first-order chi connectivity index (χ1) is 10.4. The molecule has 3 aromatic rings. The van der Waals surface area contributed by atoms with Crippen LogP contribution in [0.4, 0.5) is 0 Å². The number of nitrogens with one attached hydrogen (secondary N) is 1. The van der Waals surface area contributed by atoms with E-state index in [2.05, 4.69) is 15.3 Å². The Morgan fingerprint density at radius 2 is 1.95 bits per heavy atom. The van der Waals surface area contributed by atoms with Gasteiger partial charge >= 0.3 is 0 Å². The second kappa shape index (κ2) is 5.40. The second-order valence-corrected chi connectivity index (χ2v) is 6.50. The summed E-state index contributed by atoms with van der Waals surface area (Å²) in [7, 11) is 0. The van der Waals surface area contributed by atoms with Gasteiger partial charge < -0.3 is 9.88 Å². The molecule has 5 heteroatoms. The van der Waals surface area contributed by atoms with Crippen LogP contribution in [0.15, 0.2) is 36.8 Å². The zero-order valence-electron chi connectivity index (χ0n) is 13.1. The van der Waals surface area contributed by atoms with E-state index in [1.165, 1.54) is 0 Å². The number of aryl methyl sites for hydroxylation is 1. The van der Waals surface area contributed by atoms with E-state index in [-0.39, 0.29) is 11.4 Å². The van der Waals surface area contributed by atoms with Gasteiger partial charge in [-0.2, -0.15) is 0 Å². The third kappa shape index (κ3) is 2.93. The molecule has 0 bridgehead atoms. The first-order valence-electron chi connectivity index (χ1n) is 7.44. The second-order valence-electron chi connectivity index (χ2n) is 6.50. The summed E-state index contributed by atoms with van der Waals surface area (Å²) in [5, 5.41) is 4.05. The highest BCUT2D eigenvalue weighted by atomic mass is 16.1. The first kappa shape index (κ1) is 14.5. The molecular formula is C17H20N4O. The minimum absolute atomic E-state index is 0.0488. The average Bonchev–Trinajstić information content (AvgIpc) is 2.87. The van der Waals surface area contributed by atoms with Gasteiger partial charge in [-0.15, -0.1) is 0 Å². The standard InChI is InChI=1S/C17H20N4O/c1-17(2,3)20-15(22)8-9-21-11-19-14-10-18-13-7-5-4-6-12(13)16(14)21/h4-7,10-11H,8-9H2,1-3H3,(H,20,22). The molecule has 1 aromatic carbocycles. The fourth-order valence-electron chi connectivity index (χ4n) is 2.57. The van der Waals surface area contributed by atoms with Crippen LogP contribution in [0.5, 0.6) is 0 Å². The summed E-state index contributed by atoms with van der Waals surface area (Å²) >= 11 is 0. The molecule has 0 spiro atoms. The first-order valence-corrected chi connectivity index (χ1v) is 7.44. The van der Waals surface area contributed by atoms with Crippen molar-refractivity contribution in [3.63, 3.8) is 0 Å². The lowest BCUT2D eigenvalue weighted by molar-refractivity contribution is -0.122. The molecule has 0 aliphatic rings. The van der Waals surface area contributed by atoms with Crippen molar-refractivity contribution in [2.45, 2.75) is 39.3 Å². The minimum atomic E-state index is -0.204. The molecule has 0 saturated carbocycles. The molecule has 3 rings (SSSR count). The Bertz CT molecular complexity index is 829. The molecule has 0 atom stereocenters. The lowest BCUT2D eigenvalue weighted by Crippen LogP contribution is -2.40. The highest BCUT2D eigenvalue weighted by Crippen LogP contribution is 2.22. The van der Waals surface area contributed by atoms with Gasteiger partial charge in [0.05, 0.1) is 23.6 Å². The zero-order valence-corrected chi connectivity index (χ0v) is 13.1. The molecule has 0 radical (unpaired) electrons. The van der Waals surface area contributed by atoms with Gasteiger partial charge in [0.2, 0.25) is 5.91 Å². The molecule has 0 fully saturated rings. The molecule has 2 heterocycles. The molecule has 0 aliphatic heterocycles. The van der Waals surface area contributed by atoms with Crippen molar-refractivity contribution < 1.29 is 4.79 Å². The fraction of sp³-hybridized carbons (Fsp3) is 0.353. The van der Waals surface area contributed by atoms with E-state index < -0.39 is 0 Å². The van der Waals surface area contributed by atoms with Crippen LogP contribution in [0.3, 0.4) is 0 Å². The molecule has 0 aliphatic carbocycles. The monoisotopic (exact) mass is 296 g/mol. The fourth-order valence-corrected chi connectivity index (χ4v) is 2.57. The van der Waals surface area contributed by atoms with Gasteiger partial charge in [-0.05, 0) is 26.8 Å². The maximum Gasteiger partial charge on any atom is 0.222 e. The Balaban J connectivity index is 1.88. The van der Waals surface area contributed by atoms with Gasteiger partial charge in [0, 0.05) is 23.9 Å². The number of aromatic nitrogens is 3. The molecular weight excluding hydrogens is 276 g/mol. The number of rotatable bonds is 3. The number of imidazole rings is 1. The van der Waals surface area contributed by atoms with E-state index in [4.69, 9.17) is 0 Å². The summed E-state index contributed by atoms with van der Waals surface area (Å²) in [6, 6.07) is 7.99. The molecule has 0 unspecified atom stereocenters. The highest BCUT2D eigenvalue weighted by Gasteiger charge is 2.14. The summed E-state index contributed by atoms with van der Waals surface area (Å²) in [6.07, 6.45) is 3.99. The van der Waals surface area contributed by atoms with Crippen LogP contribution in [-0.4, -0.2) is 26.0 Å². The maximum atomic E-state index is 12.0. The van der Waals surface area contributed by atoms with Crippen molar-refractivity contribution in [3.05, 3.63) is 36.8 Å². The van der Waals surface area contributed by atoms with Gasteiger partial charge in [-0.1, -0.05) is 18.2 Å². The zero-order chi connectivity index (χ0) is 15.7. The summed E-state index contributed by atoms with van der Waals surface area (Å²) < 4.78 is 2.03. The summed E-state index contributed by atoms with van der Waals surface area (Å²) in [5.41, 5.74) is 2.63. The van der Waals surface area contributed by atoms with Crippen LogP contribution < -0.4 is 5.32 Å². The molecule has 5 nitrogen and oxygen atoms in total. The van der Waals surface area contributed by atoms with Crippen LogP contribution in [0.2, 0.25) is 0 Å². The van der Waals surface area contributed by atoms with E-state index in [0.717, 1.165) is 21.9 Å². The van der Waals surface area contributed by atoms with Gasteiger partial charge in [0.15, 0.2) is 0 Å². The normalized spacial score (nSPS) is 12.0. The lowest BCUT2D eigenvalue weighted by atomic mass is 10.1. The van der Waals surface area contributed by atoms with E-state index >= 15 is 0 Å². The molecule has 1 amide bonds. The molecule has 1 N–H and O–H groups in total. The van der Waals surface area contributed by atoms with Crippen LogP contribution >= 0.6 is 0 Å². The maximum absolute atomic E-state index is 12.0. The highest BCUT2D eigenvalue weighted by molar-refractivity contribution is 6.01. The van der Waals surface area contributed by atoms with Crippen LogP contribution in [0.25, 0.3) is 21.9 Å². The Morgan fingerprint density at radius 1 is 1.18 bits per heavy atom. The molecule has 114 valence electrons. The van der Waals surface area contributed by atoms with Crippen molar-refractivity contribution in [2.75, 3.05) is 0 Å². The van der Waals surface area contributed by atoms with Crippen LogP contribution in [0, 0.1) is 0 Å². The summed E-state index contributed by atoms with van der Waals surface area (Å²) in [6.45, 7) is 6.55. The number of fused-ring (bicyclic) bond motifs is 3. The number of hydrogen-bond acceptors (Lipinski definition) is 3. The SMILES string of the molecule is CC(C)(C)NC(=O)CCn1cnc2cnc3ccccc3c21. The number of hydrogen-bond donors (Lipinski definition) is 1. The van der Waals surface area contributed by atoms with Crippen molar-refractivity contribution in [1.82, 2.24) is 19.9 Å². The largest absolute Gasteiger partial charge is 0.351 e. The van der Waals surface area contributed by atoms with Gasteiger partial charge in [-0.25, -0.2) is 4.98 Å². The van der Waals surface area contributed by atoms with Gasteiger partial charge in [0.25, 0.3) is 0 Å². The topological polar surface area (TPSA) is 59.8 Å². The predicted molar refractivity (Wildman–Crippen MR) is 87.5 cm³/mol. The van der Waals surface area contributed by atoms with Crippen molar-refractivity contribution in [1.29, 1.82) is 0 Å². The summed E-state index contributed by atoms with van der Waals surface area (Å²) in [4.78, 5) is 20.8. The number of nitrogens with zero attached hydrogens (tertiary/aromatic N) is 3. The molecule has 2 aromatic heterocycles. The van der Waals surface area contributed by atoms with E-state index in [0.29, 0.717) is 13.0 Å². The van der Waals surface area contributed by atoms with Gasteiger partial charge in [0.1, 0.15) is 5.52 Å². The predicted octanol–water partition coefficient (Wildman–Crippen LogP) is 2.89. The van der Waals surface area contributed by atoms with Crippen molar-refractivity contribution in [3.8, 4) is 0 Å². The minimum Gasteiger partial charge on any atom is -0.351 e. The van der Waals surface area contributed by atoms with Gasteiger partial charge in [-0.3, -0.25) is 9.78 Å². The number of amides is 1. The Labute approximate surface area is 129 Å². The van der Waals surface area contributed by atoms with Crippen molar-refractivity contribution in [2.24, 2.45) is 0 Å². The molecule has 22 heavy (non-hydrogen) atoms. The number of carbonyl (C=O) groups is 1. The number of carbonyl (C=O) groups excluding carboxylic acids is 1. The van der Waals surface area contributed by atoms with Crippen molar-refractivity contribution >= 4 is 27.8 Å².